The summed E-state index contributed by atoms with van der Waals surface area (Å²) in [6.45, 7) is -0.0328. The average molecular weight is 759 g/mol. The zero-order valence-corrected chi connectivity index (χ0v) is 27.9. The third kappa shape index (κ3) is 12.6. The van der Waals surface area contributed by atoms with Crippen molar-refractivity contribution in [1.29, 1.82) is 0 Å². The molecule has 1 radical (unpaired) electrons. The lowest BCUT2D eigenvalue weighted by molar-refractivity contribution is -0.147. The molecule has 10 atom stereocenters. The number of nitrogens with one attached hydrogen (secondary N) is 4. The van der Waals surface area contributed by atoms with Crippen LogP contribution in [0.2, 0.25) is 0 Å². The number of nitrogens with two attached hydrogens (primary N) is 4. The Hall–Kier alpha value is -6.06. The minimum atomic E-state index is -1.98. The number of amides is 4. The second-order valence-corrected chi connectivity index (χ2v) is 11.1. The lowest BCUT2D eigenvalue weighted by atomic mass is 9.92. The van der Waals surface area contributed by atoms with Crippen molar-refractivity contribution in [1.82, 2.24) is 21.1 Å². The minimum absolute atomic E-state index is 0.505. The Morgan fingerprint density at radius 1 is 0.736 bits per heavy atom. The number of ether oxygens (including phenoxy) is 4. The highest BCUT2D eigenvalue weighted by atomic mass is 16.6. The van der Waals surface area contributed by atoms with E-state index < -0.39 is 133 Å². The molecule has 2 rings (SSSR count). The van der Waals surface area contributed by atoms with Crippen LogP contribution in [-0.4, -0.2) is 160 Å². The van der Waals surface area contributed by atoms with Crippen molar-refractivity contribution in [2.75, 3.05) is 13.2 Å². The molecule has 0 saturated heterocycles. The van der Waals surface area contributed by atoms with Crippen LogP contribution in [0.3, 0.4) is 0 Å². The van der Waals surface area contributed by atoms with Gasteiger partial charge in [0.2, 0.25) is 23.3 Å². The topological polar surface area (TPSA) is 438 Å². The Balaban J connectivity index is 2.28. The molecule has 18 N–H and O–H groups in total. The lowest BCUT2D eigenvalue weighted by Crippen LogP contribution is -2.61. The monoisotopic (exact) mass is 759 g/mol. The summed E-state index contributed by atoms with van der Waals surface area (Å²) in [5.74, 6) is -7.34. The molecule has 0 aromatic heterocycles. The van der Waals surface area contributed by atoms with Gasteiger partial charge in [-0.05, 0) is 12.2 Å². The summed E-state index contributed by atoms with van der Waals surface area (Å²) in [7, 11) is 0.505. The summed E-state index contributed by atoms with van der Waals surface area (Å²) in [6.07, 6.45) is -12.5. The molecule has 2 heterocycles. The molecule has 53 heavy (non-hydrogen) atoms. The van der Waals surface area contributed by atoms with E-state index in [1.165, 1.54) is 0 Å². The first-order valence-corrected chi connectivity index (χ1v) is 15.1. The number of aliphatic imine (C=N–C) groups is 2. The van der Waals surface area contributed by atoms with Crippen LogP contribution in [0, 0.1) is 0 Å². The maximum absolute atomic E-state index is 12.8. The molecule has 0 aliphatic carbocycles. The zero-order chi connectivity index (χ0) is 40.2. The highest BCUT2D eigenvalue weighted by Crippen LogP contribution is 2.28. The molecular weight excluding hydrogens is 719 g/mol. The van der Waals surface area contributed by atoms with Gasteiger partial charge in [-0.3, -0.25) is 9.59 Å². The molecule has 0 saturated carbocycles. The molecule has 0 unspecified atom stereocenters. The number of hydrogen-bond acceptors (Lipinski definition) is 16. The van der Waals surface area contributed by atoms with Gasteiger partial charge in [-0.15, -0.1) is 0 Å². The van der Waals surface area contributed by atoms with E-state index in [0.29, 0.717) is 7.55 Å². The summed E-state index contributed by atoms with van der Waals surface area (Å²) in [4.78, 5) is 80.8. The van der Waals surface area contributed by atoms with Crippen LogP contribution in [0.5, 0.6) is 0 Å². The van der Waals surface area contributed by atoms with E-state index in [2.05, 4.69) is 20.6 Å². The van der Waals surface area contributed by atoms with Crippen molar-refractivity contribution in [3.05, 3.63) is 23.7 Å². The number of aliphatic hydroxyl groups is 4. The van der Waals surface area contributed by atoms with Gasteiger partial charge in [0.05, 0.1) is 37.4 Å². The van der Waals surface area contributed by atoms with Gasteiger partial charge in [0.25, 0.3) is 0 Å². The number of guanidine groups is 2. The average Bonchev–Trinajstić information content (AvgIpc) is 3.05. The SMILES string of the molecule is CC(=O)N[C@H]1[C@H]([C@H](OC(=O)N[B]NC(=O)O[C@@H]([C@@H]2OC(C(=O)O)=C[C@H](N=C(N)N)[C@H]2NC(C)=O)[C@H](O)CO)[C@H](O)CO)OC(C(=O)O)=C[C@@H]1N=C(N)N. The third-order valence-electron chi connectivity index (χ3n) is 7.02. The van der Waals surface area contributed by atoms with E-state index in [1.54, 1.807) is 0 Å². The first-order valence-electron chi connectivity index (χ1n) is 15.1. The quantitative estimate of drug-likeness (QED) is 0.0395. The molecule has 293 valence electrons. The zero-order valence-electron chi connectivity index (χ0n) is 27.9. The van der Waals surface area contributed by atoms with Gasteiger partial charge in [-0.1, -0.05) is 0 Å². The highest BCUT2D eigenvalue weighted by Gasteiger charge is 2.48. The number of hydrogen-bond donors (Lipinski definition) is 14. The fourth-order valence-corrected chi connectivity index (χ4v) is 5.00. The van der Waals surface area contributed by atoms with E-state index in [-0.39, 0.29) is 0 Å². The Kier molecular flexibility index (Phi) is 15.9. The van der Waals surface area contributed by atoms with Crippen LogP contribution < -0.4 is 44.0 Å². The van der Waals surface area contributed by atoms with E-state index in [9.17, 15) is 59.4 Å². The van der Waals surface area contributed by atoms with Gasteiger partial charge in [-0.25, -0.2) is 29.2 Å². The standard InChI is InChI=1S/C26H40BN10O16/c1-7(40)32-15-9(34-23(28)29)3-13(21(44)45)50-19(15)17(11(42)5-38)52-25(48)36-27-37-26(49)53-18(12(43)6-39)20-16(33-8(2)41)10(35-24(30)31)4-14(51-20)22(46)47/h3-4,9-12,15-20,38-39,42-43H,5-6H2,1-2H3,(H,32,40)(H,33,41)(H,36,48)(H,37,49)(H,44,45)(H,46,47)(H4,28,29,34)(H4,30,31,35)/t9-,10-,11+,12+,15+,16+,17+,18+,19+,20+/m0/s1. The van der Waals surface area contributed by atoms with Gasteiger partial charge >= 0.3 is 31.7 Å². The van der Waals surface area contributed by atoms with Crippen LogP contribution >= 0.6 is 0 Å². The molecule has 4 amide bonds. The number of carbonyl (C=O) groups is 6. The summed E-state index contributed by atoms with van der Waals surface area (Å²) < 4.78 is 21.1. The van der Waals surface area contributed by atoms with Gasteiger partial charge in [0.15, 0.2) is 36.3 Å². The number of carboxylic acid groups (broad SMARTS) is 2. The maximum Gasteiger partial charge on any atom is 0.396 e. The van der Waals surface area contributed by atoms with E-state index >= 15 is 0 Å². The molecule has 0 fully saturated rings. The van der Waals surface area contributed by atoms with Crippen LogP contribution in [-0.2, 0) is 38.1 Å². The van der Waals surface area contributed by atoms with Crippen molar-refractivity contribution in [2.45, 2.75) is 74.6 Å². The third-order valence-corrected chi connectivity index (χ3v) is 7.02. The molecule has 2 aliphatic heterocycles. The summed E-state index contributed by atoms with van der Waals surface area (Å²) in [5.41, 5.74) is 21.8. The van der Waals surface area contributed by atoms with Crippen LogP contribution in [0.15, 0.2) is 33.7 Å². The summed E-state index contributed by atoms with van der Waals surface area (Å²) >= 11 is 0. The predicted octanol–water partition coefficient (Wildman–Crippen LogP) is -7.56. The summed E-state index contributed by atoms with van der Waals surface area (Å²) in [5, 5.41) is 68.1. The molecule has 2 aliphatic rings. The van der Waals surface area contributed by atoms with Crippen LogP contribution in [0.25, 0.3) is 0 Å². The number of nitrogens with zero attached hydrogens (tertiary/aromatic N) is 2. The Morgan fingerprint density at radius 3 is 1.34 bits per heavy atom. The molecule has 0 spiro atoms. The largest absolute Gasteiger partial charge is 0.477 e. The molecule has 0 aromatic rings. The predicted molar refractivity (Wildman–Crippen MR) is 174 cm³/mol. The Labute approximate surface area is 299 Å². The lowest BCUT2D eigenvalue weighted by Gasteiger charge is -2.40. The van der Waals surface area contributed by atoms with Crippen molar-refractivity contribution < 1.29 is 78.4 Å². The van der Waals surface area contributed by atoms with Crippen molar-refractivity contribution >= 4 is 55.4 Å². The van der Waals surface area contributed by atoms with E-state index in [1.807, 2.05) is 10.5 Å². The maximum atomic E-state index is 12.8. The highest BCUT2D eigenvalue weighted by molar-refractivity contribution is 6.37. The second kappa shape index (κ2) is 19.5. The van der Waals surface area contributed by atoms with Crippen molar-refractivity contribution in [2.24, 2.45) is 32.9 Å². The number of aliphatic carboxylic acids is 2. The minimum Gasteiger partial charge on any atom is -0.477 e. The number of carboxylic acids is 2. The Bertz CT molecular complexity index is 1400. The fraction of sp³-hybridized carbons (Fsp3) is 0.538. The second-order valence-electron chi connectivity index (χ2n) is 11.1. The normalized spacial score (nSPS) is 24.2. The first kappa shape index (κ1) is 43.1. The van der Waals surface area contributed by atoms with Crippen LogP contribution in [0.1, 0.15) is 13.8 Å². The van der Waals surface area contributed by atoms with Crippen molar-refractivity contribution in [3.63, 3.8) is 0 Å². The molecule has 26 nitrogen and oxygen atoms in total. The van der Waals surface area contributed by atoms with Crippen molar-refractivity contribution in [3.8, 4) is 0 Å². The van der Waals surface area contributed by atoms with Gasteiger partial charge in [0.1, 0.15) is 12.2 Å². The molecule has 27 heteroatoms. The molecule has 0 aromatic carbocycles. The summed E-state index contributed by atoms with van der Waals surface area (Å²) in [6, 6.07) is -5.46. The van der Waals surface area contributed by atoms with Gasteiger partial charge in [-0.2, -0.15) is 0 Å². The van der Waals surface area contributed by atoms with Crippen LogP contribution in [0.4, 0.5) is 9.59 Å². The van der Waals surface area contributed by atoms with Gasteiger partial charge in [0, 0.05) is 13.8 Å². The fourth-order valence-electron chi connectivity index (χ4n) is 5.00. The molecular formula is C26H40BN10O16. The number of rotatable bonds is 16. The Morgan fingerprint density at radius 2 is 1.08 bits per heavy atom. The molecule has 0 bridgehead atoms. The smallest absolute Gasteiger partial charge is 0.396 e. The first-order chi connectivity index (χ1) is 24.8. The van der Waals surface area contributed by atoms with Gasteiger partial charge < -0.3 is 93.6 Å². The van der Waals surface area contributed by atoms with E-state index in [0.717, 1.165) is 26.0 Å². The number of carbonyl (C=O) groups excluding carboxylic acids is 4. The number of aliphatic hydroxyl groups excluding tert-OH is 4. The van der Waals surface area contributed by atoms with E-state index in [4.69, 9.17) is 41.9 Å².